The van der Waals surface area contributed by atoms with Crippen LogP contribution < -0.4 is 16.2 Å². The topological polar surface area (TPSA) is 85.0 Å². The standard InChI is InChI=1S/C19H21N3O/c20-19(21)17-10-8-16(9-11-17)14-22-12-4-7-18(23)13-15-5-2-1-3-6-15/h1-12,22-23H,13-14H2,(H3,20,21)/p-1/b12-4+,18-7?. The van der Waals surface area contributed by atoms with Gasteiger partial charge in [0.1, 0.15) is 5.84 Å². The van der Waals surface area contributed by atoms with E-state index in [1.807, 2.05) is 54.6 Å². The first kappa shape index (κ1) is 16.4. The molecule has 0 saturated carbocycles. The van der Waals surface area contributed by atoms with Crippen LogP contribution in [-0.4, -0.2) is 5.84 Å². The molecule has 118 valence electrons. The molecule has 0 aliphatic heterocycles. The summed E-state index contributed by atoms with van der Waals surface area (Å²) in [7, 11) is 0. The number of amidine groups is 1. The van der Waals surface area contributed by atoms with Gasteiger partial charge in [0.05, 0.1) is 0 Å². The van der Waals surface area contributed by atoms with Gasteiger partial charge in [0.15, 0.2) is 0 Å². The minimum absolute atomic E-state index is 0.0657. The molecule has 2 aromatic rings. The maximum atomic E-state index is 11.8. The van der Waals surface area contributed by atoms with Gasteiger partial charge in [-0.3, -0.25) is 5.41 Å². The molecule has 0 heterocycles. The summed E-state index contributed by atoms with van der Waals surface area (Å²) in [5.41, 5.74) is 8.21. The molecule has 23 heavy (non-hydrogen) atoms. The summed E-state index contributed by atoms with van der Waals surface area (Å²) >= 11 is 0. The third kappa shape index (κ3) is 5.71. The SMILES string of the molecule is N=C(N)c1ccc(CN/C=C/C=C([O-])Cc2ccccc2)cc1. The highest BCUT2D eigenvalue weighted by Gasteiger charge is 1.95. The van der Waals surface area contributed by atoms with Crippen molar-refractivity contribution in [2.75, 3.05) is 0 Å². The van der Waals surface area contributed by atoms with Gasteiger partial charge >= 0.3 is 0 Å². The largest absolute Gasteiger partial charge is 0.875 e. The monoisotopic (exact) mass is 306 g/mol. The minimum Gasteiger partial charge on any atom is -0.875 e. The van der Waals surface area contributed by atoms with Crippen molar-refractivity contribution in [2.24, 2.45) is 5.73 Å². The third-order valence-corrected chi connectivity index (χ3v) is 3.29. The molecule has 0 aliphatic rings. The summed E-state index contributed by atoms with van der Waals surface area (Å²) in [6.45, 7) is 0.648. The van der Waals surface area contributed by atoms with E-state index in [1.165, 1.54) is 0 Å². The fourth-order valence-corrected chi connectivity index (χ4v) is 2.06. The molecule has 0 bridgehead atoms. The molecule has 0 spiro atoms. The lowest BCUT2D eigenvalue weighted by atomic mass is 10.1. The highest BCUT2D eigenvalue weighted by atomic mass is 16.3. The molecule has 0 aliphatic carbocycles. The van der Waals surface area contributed by atoms with E-state index >= 15 is 0 Å². The Morgan fingerprint density at radius 1 is 1.04 bits per heavy atom. The van der Waals surface area contributed by atoms with Crippen LogP contribution >= 0.6 is 0 Å². The van der Waals surface area contributed by atoms with E-state index in [9.17, 15) is 5.11 Å². The van der Waals surface area contributed by atoms with Crippen LogP contribution in [0.3, 0.4) is 0 Å². The Labute approximate surface area is 136 Å². The van der Waals surface area contributed by atoms with Crippen molar-refractivity contribution in [3.05, 3.63) is 95.4 Å². The fourth-order valence-electron chi connectivity index (χ4n) is 2.06. The van der Waals surface area contributed by atoms with Crippen molar-refractivity contribution >= 4 is 5.84 Å². The molecular weight excluding hydrogens is 286 g/mol. The second-order valence-electron chi connectivity index (χ2n) is 5.15. The van der Waals surface area contributed by atoms with Crippen molar-refractivity contribution in [3.8, 4) is 0 Å². The highest BCUT2D eigenvalue weighted by Crippen LogP contribution is 2.04. The minimum atomic E-state index is 0.0657. The first-order valence-corrected chi connectivity index (χ1v) is 7.38. The molecule has 0 unspecified atom stereocenters. The van der Waals surface area contributed by atoms with Crippen LogP contribution in [0, 0.1) is 5.41 Å². The maximum absolute atomic E-state index is 11.8. The summed E-state index contributed by atoms with van der Waals surface area (Å²) in [5, 5.41) is 22.2. The highest BCUT2D eigenvalue weighted by molar-refractivity contribution is 5.94. The van der Waals surface area contributed by atoms with Crippen molar-refractivity contribution < 1.29 is 5.11 Å². The molecule has 2 aromatic carbocycles. The van der Waals surface area contributed by atoms with Crippen LogP contribution in [0.5, 0.6) is 0 Å². The first-order chi connectivity index (χ1) is 11.1. The van der Waals surface area contributed by atoms with Crippen molar-refractivity contribution in [3.63, 3.8) is 0 Å². The number of hydrogen-bond donors (Lipinski definition) is 3. The zero-order valence-electron chi connectivity index (χ0n) is 12.8. The number of hydrogen-bond acceptors (Lipinski definition) is 3. The van der Waals surface area contributed by atoms with Crippen LogP contribution in [0.4, 0.5) is 0 Å². The molecule has 0 saturated heterocycles. The Morgan fingerprint density at radius 2 is 1.74 bits per heavy atom. The number of benzene rings is 2. The van der Waals surface area contributed by atoms with Crippen molar-refractivity contribution in [1.82, 2.24) is 5.32 Å². The van der Waals surface area contributed by atoms with Crippen LogP contribution in [0.1, 0.15) is 16.7 Å². The molecule has 0 atom stereocenters. The second-order valence-corrected chi connectivity index (χ2v) is 5.15. The predicted octanol–water partition coefficient (Wildman–Crippen LogP) is 2.06. The molecule has 0 radical (unpaired) electrons. The first-order valence-electron chi connectivity index (χ1n) is 7.38. The van der Waals surface area contributed by atoms with E-state index in [0.29, 0.717) is 18.5 Å². The average Bonchev–Trinajstić information content (AvgIpc) is 2.56. The van der Waals surface area contributed by atoms with Gasteiger partial charge in [-0.05, 0) is 29.8 Å². The zero-order valence-corrected chi connectivity index (χ0v) is 12.8. The Morgan fingerprint density at radius 3 is 2.39 bits per heavy atom. The molecule has 2 rings (SSSR count). The van der Waals surface area contributed by atoms with E-state index in [0.717, 1.165) is 11.1 Å². The molecule has 4 N–H and O–H groups in total. The molecular formula is C19H20N3O-. The Bertz CT molecular complexity index is 688. The summed E-state index contributed by atoms with van der Waals surface area (Å²) in [6.07, 6.45) is 5.45. The lowest BCUT2D eigenvalue weighted by Crippen LogP contribution is -2.11. The number of rotatable bonds is 7. The van der Waals surface area contributed by atoms with Gasteiger partial charge in [0, 0.05) is 12.1 Å². The van der Waals surface area contributed by atoms with E-state index in [-0.39, 0.29) is 11.6 Å². The van der Waals surface area contributed by atoms with Crippen molar-refractivity contribution in [2.45, 2.75) is 13.0 Å². The molecule has 4 heteroatoms. The summed E-state index contributed by atoms with van der Waals surface area (Å²) in [4.78, 5) is 0. The normalized spacial score (nSPS) is 11.6. The van der Waals surface area contributed by atoms with Gasteiger partial charge < -0.3 is 16.2 Å². The van der Waals surface area contributed by atoms with Gasteiger partial charge in [-0.15, -0.1) is 5.76 Å². The molecule has 0 fully saturated rings. The van der Waals surface area contributed by atoms with E-state index in [1.54, 1.807) is 18.4 Å². The van der Waals surface area contributed by atoms with Crippen molar-refractivity contribution in [1.29, 1.82) is 5.41 Å². The second kappa shape index (κ2) is 8.44. The van der Waals surface area contributed by atoms with Crippen LogP contribution in [-0.2, 0) is 13.0 Å². The number of nitrogens with two attached hydrogens (primary N) is 1. The fraction of sp³-hybridized carbons (Fsp3) is 0.105. The Balaban J connectivity index is 1.78. The van der Waals surface area contributed by atoms with E-state index < -0.39 is 0 Å². The zero-order chi connectivity index (χ0) is 16.5. The number of nitrogen functional groups attached to an aromatic ring is 1. The van der Waals surface area contributed by atoms with Gasteiger partial charge in [-0.25, -0.2) is 0 Å². The van der Waals surface area contributed by atoms with Gasteiger partial charge in [-0.1, -0.05) is 60.7 Å². The van der Waals surface area contributed by atoms with E-state index in [4.69, 9.17) is 11.1 Å². The lowest BCUT2D eigenvalue weighted by Gasteiger charge is -2.10. The smallest absolute Gasteiger partial charge is 0.122 e. The quantitative estimate of drug-likeness (QED) is 0.317. The summed E-state index contributed by atoms with van der Waals surface area (Å²) in [6, 6.07) is 17.1. The van der Waals surface area contributed by atoms with Gasteiger partial charge in [0.2, 0.25) is 0 Å². The Kier molecular flexibility index (Phi) is 6.00. The van der Waals surface area contributed by atoms with E-state index in [2.05, 4.69) is 5.32 Å². The average molecular weight is 306 g/mol. The van der Waals surface area contributed by atoms with Gasteiger partial charge in [-0.2, -0.15) is 0 Å². The molecule has 0 amide bonds. The van der Waals surface area contributed by atoms with Crippen LogP contribution in [0.15, 0.2) is 78.7 Å². The molecule has 4 nitrogen and oxygen atoms in total. The summed E-state index contributed by atoms with van der Waals surface area (Å²) < 4.78 is 0. The lowest BCUT2D eigenvalue weighted by molar-refractivity contribution is -0.305. The Hall–Kier alpha value is -3.01. The maximum Gasteiger partial charge on any atom is 0.122 e. The van der Waals surface area contributed by atoms with Crippen LogP contribution in [0.25, 0.3) is 0 Å². The number of allylic oxidation sites excluding steroid dienone is 3. The van der Waals surface area contributed by atoms with Gasteiger partial charge in [0.25, 0.3) is 0 Å². The molecule has 0 aromatic heterocycles. The third-order valence-electron chi connectivity index (χ3n) is 3.29. The van der Waals surface area contributed by atoms with Crippen LogP contribution in [0.2, 0.25) is 0 Å². The predicted molar refractivity (Wildman–Crippen MR) is 91.7 cm³/mol. The number of nitrogens with one attached hydrogen (secondary N) is 2. The summed E-state index contributed by atoms with van der Waals surface area (Å²) in [5.74, 6) is 0.135.